The van der Waals surface area contributed by atoms with Crippen molar-refractivity contribution in [2.24, 2.45) is 4.99 Å². The Labute approximate surface area is 93.7 Å². The molecule has 1 N–H and O–H groups in total. The predicted molar refractivity (Wildman–Crippen MR) is 49.8 cm³/mol. The molecule has 17 heavy (non-hydrogen) atoms. The topological polar surface area (TPSA) is 32.6 Å². The Morgan fingerprint density at radius 2 is 1.53 bits per heavy atom. The minimum absolute atomic E-state index is 0.311. The van der Waals surface area contributed by atoms with Gasteiger partial charge in [0.05, 0.1) is 5.71 Å². The molecular weight excluding hydrogens is 252 g/mol. The molecule has 0 heterocycles. The maximum atomic E-state index is 12.4. The molecule has 0 aromatic heterocycles. The van der Waals surface area contributed by atoms with Gasteiger partial charge in [0.25, 0.3) is 5.60 Å². The van der Waals surface area contributed by atoms with Gasteiger partial charge in [0.1, 0.15) is 0 Å². The van der Waals surface area contributed by atoms with E-state index in [9.17, 15) is 26.3 Å². The zero-order chi connectivity index (χ0) is 13.9. The number of halogens is 6. The standard InChI is InChI=1S/C9H11F6NO/c1-3-5-6(16-4-2)7(17,8(10,11)12)9(13,14)15/h3,5,17H,4H2,1-2H3/b5-3-,16-6?. The lowest BCUT2D eigenvalue weighted by atomic mass is 9.95. The molecule has 0 atom stereocenters. The van der Waals surface area contributed by atoms with Crippen LogP contribution in [0.2, 0.25) is 0 Å². The molecule has 0 saturated carbocycles. The van der Waals surface area contributed by atoms with E-state index in [0.29, 0.717) is 6.08 Å². The van der Waals surface area contributed by atoms with E-state index in [1.165, 1.54) is 13.8 Å². The van der Waals surface area contributed by atoms with E-state index >= 15 is 0 Å². The van der Waals surface area contributed by atoms with E-state index in [2.05, 4.69) is 4.99 Å². The van der Waals surface area contributed by atoms with E-state index in [1.54, 1.807) is 0 Å². The van der Waals surface area contributed by atoms with Crippen LogP contribution in [0.1, 0.15) is 13.8 Å². The molecule has 100 valence electrons. The van der Waals surface area contributed by atoms with Crippen molar-refractivity contribution >= 4 is 5.71 Å². The zero-order valence-electron chi connectivity index (χ0n) is 9.02. The summed E-state index contributed by atoms with van der Waals surface area (Å²) >= 11 is 0. The lowest BCUT2D eigenvalue weighted by Gasteiger charge is -2.32. The summed E-state index contributed by atoms with van der Waals surface area (Å²) in [6, 6.07) is 0. The van der Waals surface area contributed by atoms with Crippen LogP contribution in [0.4, 0.5) is 26.3 Å². The fourth-order valence-electron chi connectivity index (χ4n) is 1.07. The molecule has 0 unspecified atom stereocenters. The number of rotatable bonds is 3. The Hall–Kier alpha value is -1.05. The van der Waals surface area contributed by atoms with Gasteiger partial charge in [-0.3, -0.25) is 4.99 Å². The van der Waals surface area contributed by atoms with Crippen LogP contribution >= 0.6 is 0 Å². The van der Waals surface area contributed by atoms with Crippen LogP contribution in [0.5, 0.6) is 0 Å². The van der Waals surface area contributed by atoms with Crippen molar-refractivity contribution in [2.45, 2.75) is 31.8 Å². The Morgan fingerprint density at radius 1 is 1.12 bits per heavy atom. The third kappa shape index (κ3) is 2.99. The molecule has 0 aromatic carbocycles. The van der Waals surface area contributed by atoms with Gasteiger partial charge >= 0.3 is 12.4 Å². The molecule has 0 saturated heterocycles. The Bertz CT molecular complexity index is 300. The van der Waals surface area contributed by atoms with Gasteiger partial charge < -0.3 is 5.11 Å². The van der Waals surface area contributed by atoms with E-state index in [4.69, 9.17) is 5.11 Å². The first-order valence-corrected chi connectivity index (χ1v) is 4.55. The van der Waals surface area contributed by atoms with Crippen molar-refractivity contribution in [3.8, 4) is 0 Å². The van der Waals surface area contributed by atoms with Crippen molar-refractivity contribution < 1.29 is 31.4 Å². The van der Waals surface area contributed by atoms with Gasteiger partial charge in [0, 0.05) is 6.54 Å². The summed E-state index contributed by atoms with van der Waals surface area (Å²) in [4.78, 5) is 3.06. The maximum absolute atomic E-state index is 12.4. The maximum Gasteiger partial charge on any atom is 0.432 e. The van der Waals surface area contributed by atoms with Crippen molar-refractivity contribution in [1.82, 2.24) is 0 Å². The predicted octanol–water partition coefficient (Wildman–Crippen LogP) is 2.88. The number of nitrogens with zero attached hydrogens (tertiary/aromatic N) is 1. The quantitative estimate of drug-likeness (QED) is 0.616. The summed E-state index contributed by atoms with van der Waals surface area (Å²) in [6.45, 7) is 2.17. The molecule has 0 amide bonds. The summed E-state index contributed by atoms with van der Waals surface area (Å²) in [5.41, 5.74) is -6.41. The second-order valence-electron chi connectivity index (χ2n) is 3.07. The summed E-state index contributed by atoms with van der Waals surface area (Å²) in [7, 11) is 0. The minimum atomic E-state index is -5.89. The third-order valence-corrected chi connectivity index (χ3v) is 1.84. The van der Waals surface area contributed by atoms with Crippen LogP contribution in [0.15, 0.2) is 17.1 Å². The lowest BCUT2D eigenvalue weighted by Crippen LogP contribution is -2.62. The second kappa shape index (κ2) is 5.07. The molecule has 2 nitrogen and oxygen atoms in total. The Kier molecular flexibility index (Phi) is 4.76. The molecule has 0 aliphatic heterocycles. The van der Waals surface area contributed by atoms with E-state index < -0.39 is 23.7 Å². The molecule has 0 aromatic rings. The van der Waals surface area contributed by atoms with Gasteiger partial charge in [-0.25, -0.2) is 0 Å². The first kappa shape index (κ1) is 16.0. The summed E-state index contributed by atoms with van der Waals surface area (Å²) in [5.74, 6) is 0. The molecule has 8 heteroatoms. The molecule has 0 aliphatic carbocycles. The number of hydrogen-bond acceptors (Lipinski definition) is 2. The highest BCUT2D eigenvalue weighted by molar-refractivity contribution is 6.03. The van der Waals surface area contributed by atoms with Gasteiger partial charge in [0.15, 0.2) is 0 Å². The average molecular weight is 263 g/mol. The van der Waals surface area contributed by atoms with Gasteiger partial charge in [-0.05, 0) is 19.9 Å². The number of aliphatic hydroxyl groups is 1. The van der Waals surface area contributed by atoms with Crippen LogP contribution in [-0.2, 0) is 0 Å². The molecular formula is C9H11F6NO. The molecule has 0 radical (unpaired) electrons. The minimum Gasteiger partial charge on any atom is -0.368 e. The Morgan fingerprint density at radius 3 is 1.76 bits per heavy atom. The summed E-state index contributed by atoms with van der Waals surface area (Å²) in [6.07, 6.45) is -10.3. The first-order chi connectivity index (χ1) is 7.52. The van der Waals surface area contributed by atoms with E-state index in [-0.39, 0.29) is 6.54 Å². The fraction of sp³-hybridized carbons (Fsp3) is 0.667. The van der Waals surface area contributed by atoms with Crippen LogP contribution in [0, 0.1) is 0 Å². The highest BCUT2D eigenvalue weighted by atomic mass is 19.4. The highest BCUT2D eigenvalue weighted by Gasteiger charge is 2.72. The van der Waals surface area contributed by atoms with Gasteiger partial charge in [0.2, 0.25) is 0 Å². The average Bonchev–Trinajstić information content (AvgIpc) is 2.12. The van der Waals surface area contributed by atoms with Gasteiger partial charge in [-0.15, -0.1) is 0 Å². The van der Waals surface area contributed by atoms with Crippen molar-refractivity contribution in [3.63, 3.8) is 0 Å². The largest absolute Gasteiger partial charge is 0.432 e. The second-order valence-corrected chi connectivity index (χ2v) is 3.07. The number of aliphatic imine (C=N–C) groups is 1. The Balaban J connectivity index is 5.87. The van der Waals surface area contributed by atoms with E-state index in [0.717, 1.165) is 6.08 Å². The fourth-order valence-corrected chi connectivity index (χ4v) is 1.07. The van der Waals surface area contributed by atoms with Crippen LogP contribution in [-0.4, -0.2) is 35.3 Å². The highest BCUT2D eigenvalue weighted by Crippen LogP contribution is 2.44. The number of alkyl halides is 6. The van der Waals surface area contributed by atoms with Gasteiger partial charge in [-0.2, -0.15) is 26.3 Å². The number of allylic oxidation sites excluding steroid dienone is 1. The normalized spacial score (nSPS) is 15.7. The zero-order valence-corrected chi connectivity index (χ0v) is 9.02. The van der Waals surface area contributed by atoms with Crippen LogP contribution in [0.25, 0.3) is 0 Å². The molecule has 0 fully saturated rings. The van der Waals surface area contributed by atoms with Crippen molar-refractivity contribution in [2.75, 3.05) is 6.54 Å². The third-order valence-electron chi connectivity index (χ3n) is 1.84. The van der Waals surface area contributed by atoms with Gasteiger partial charge in [-0.1, -0.05) is 6.08 Å². The molecule has 0 aliphatic rings. The smallest absolute Gasteiger partial charge is 0.368 e. The van der Waals surface area contributed by atoms with E-state index in [1.807, 2.05) is 0 Å². The molecule has 0 spiro atoms. The van der Waals surface area contributed by atoms with Crippen LogP contribution in [0.3, 0.4) is 0 Å². The monoisotopic (exact) mass is 263 g/mol. The SMILES string of the molecule is C/C=C\C(=NCC)C(O)(C(F)(F)F)C(F)(F)F. The van der Waals surface area contributed by atoms with Crippen molar-refractivity contribution in [1.29, 1.82) is 0 Å². The lowest BCUT2D eigenvalue weighted by molar-refractivity contribution is -0.337. The number of hydrogen-bond donors (Lipinski definition) is 1. The van der Waals surface area contributed by atoms with Crippen LogP contribution < -0.4 is 0 Å². The molecule has 0 bridgehead atoms. The first-order valence-electron chi connectivity index (χ1n) is 4.55. The van der Waals surface area contributed by atoms with Crippen molar-refractivity contribution in [3.05, 3.63) is 12.2 Å². The summed E-state index contributed by atoms with van der Waals surface area (Å²) in [5, 5.41) is 8.97. The molecule has 0 rings (SSSR count). The summed E-state index contributed by atoms with van der Waals surface area (Å²) < 4.78 is 74.5.